The van der Waals surface area contributed by atoms with E-state index in [0.29, 0.717) is 29.2 Å². The van der Waals surface area contributed by atoms with Gasteiger partial charge >= 0.3 is 0 Å². The number of rotatable bonds is 4. The Morgan fingerprint density at radius 3 is 2.61 bits per heavy atom. The Kier molecular flexibility index (Phi) is 2.82. The predicted molar refractivity (Wildman–Crippen MR) is 64.9 cm³/mol. The van der Waals surface area contributed by atoms with Crippen LogP contribution in [0.3, 0.4) is 0 Å². The molecular weight excluding hydrogens is 236 g/mol. The molecule has 0 fully saturated rings. The fourth-order valence-corrected chi connectivity index (χ4v) is 1.77. The minimum absolute atomic E-state index is 0.0931. The quantitative estimate of drug-likeness (QED) is 0.302. The molecule has 0 aliphatic heterocycles. The number of primary amides is 1. The number of aromatic amines is 1. The van der Waals surface area contributed by atoms with Crippen LogP contribution in [0.15, 0.2) is 18.2 Å². The lowest BCUT2D eigenvalue weighted by atomic mass is 10.1. The SMILES string of the molecule is NC(=O)c1c(N(N)C=O)[nH]c2cc(C=O)ccc12. The Balaban J connectivity index is 2.77. The maximum atomic E-state index is 11.4. The van der Waals surface area contributed by atoms with Gasteiger partial charge in [-0.1, -0.05) is 12.1 Å². The second-order valence-corrected chi connectivity index (χ2v) is 3.65. The first-order valence-corrected chi connectivity index (χ1v) is 4.98. The highest BCUT2D eigenvalue weighted by molar-refractivity contribution is 6.12. The molecule has 0 bridgehead atoms. The number of anilines is 1. The number of aromatic nitrogens is 1. The van der Waals surface area contributed by atoms with Gasteiger partial charge in [-0.05, 0) is 6.07 Å². The van der Waals surface area contributed by atoms with Gasteiger partial charge in [0, 0.05) is 16.5 Å². The largest absolute Gasteiger partial charge is 0.365 e. The van der Waals surface area contributed by atoms with Crippen molar-refractivity contribution in [2.45, 2.75) is 0 Å². The van der Waals surface area contributed by atoms with Crippen molar-refractivity contribution >= 4 is 35.3 Å². The van der Waals surface area contributed by atoms with E-state index in [1.54, 1.807) is 12.1 Å². The van der Waals surface area contributed by atoms with Crippen molar-refractivity contribution < 1.29 is 14.4 Å². The van der Waals surface area contributed by atoms with Crippen LogP contribution in [0.1, 0.15) is 20.7 Å². The summed E-state index contributed by atoms with van der Waals surface area (Å²) in [6.45, 7) is 0. The summed E-state index contributed by atoms with van der Waals surface area (Å²) < 4.78 is 0. The molecule has 0 atom stereocenters. The Morgan fingerprint density at radius 1 is 1.33 bits per heavy atom. The lowest BCUT2D eigenvalue weighted by Gasteiger charge is -2.08. The van der Waals surface area contributed by atoms with Crippen LogP contribution in [0.25, 0.3) is 10.9 Å². The van der Waals surface area contributed by atoms with E-state index in [1.165, 1.54) is 6.07 Å². The van der Waals surface area contributed by atoms with E-state index < -0.39 is 5.91 Å². The molecule has 0 aliphatic carbocycles. The van der Waals surface area contributed by atoms with Crippen LogP contribution < -0.4 is 16.6 Å². The zero-order chi connectivity index (χ0) is 13.3. The number of carbonyl (C=O) groups excluding carboxylic acids is 3. The summed E-state index contributed by atoms with van der Waals surface area (Å²) in [7, 11) is 0. The van der Waals surface area contributed by atoms with E-state index >= 15 is 0 Å². The molecule has 5 N–H and O–H groups in total. The zero-order valence-electron chi connectivity index (χ0n) is 9.21. The van der Waals surface area contributed by atoms with Gasteiger partial charge in [-0.25, -0.2) is 10.9 Å². The van der Waals surface area contributed by atoms with Crippen LogP contribution in [-0.4, -0.2) is 23.6 Å². The lowest BCUT2D eigenvalue weighted by Crippen LogP contribution is -2.31. The summed E-state index contributed by atoms with van der Waals surface area (Å²) in [6, 6.07) is 4.65. The molecule has 2 amide bonds. The molecule has 18 heavy (non-hydrogen) atoms. The van der Waals surface area contributed by atoms with Crippen LogP contribution in [0.4, 0.5) is 5.82 Å². The van der Waals surface area contributed by atoms with E-state index in [2.05, 4.69) is 4.98 Å². The van der Waals surface area contributed by atoms with Crippen molar-refractivity contribution in [2.75, 3.05) is 5.01 Å². The van der Waals surface area contributed by atoms with Crippen molar-refractivity contribution in [3.05, 3.63) is 29.3 Å². The number of hydrogen-bond donors (Lipinski definition) is 3. The maximum Gasteiger partial charge on any atom is 0.253 e. The molecule has 2 rings (SSSR count). The third-order valence-electron chi connectivity index (χ3n) is 2.56. The zero-order valence-corrected chi connectivity index (χ0v) is 9.21. The van der Waals surface area contributed by atoms with Crippen molar-refractivity contribution in [1.82, 2.24) is 4.98 Å². The number of benzene rings is 1. The fraction of sp³-hybridized carbons (Fsp3) is 0. The molecule has 0 aliphatic rings. The van der Waals surface area contributed by atoms with Gasteiger partial charge in [0.2, 0.25) is 6.41 Å². The smallest absolute Gasteiger partial charge is 0.253 e. The van der Waals surface area contributed by atoms with Gasteiger partial charge in [-0.2, -0.15) is 0 Å². The van der Waals surface area contributed by atoms with E-state index in [4.69, 9.17) is 11.6 Å². The number of nitrogens with one attached hydrogen (secondary N) is 1. The molecule has 0 unspecified atom stereocenters. The van der Waals surface area contributed by atoms with Crippen molar-refractivity contribution in [3.8, 4) is 0 Å². The predicted octanol–water partition coefficient (Wildman–Crippen LogP) is -0.0842. The molecule has 7 nitrogen and oxygen atoms in total. The third kappa shape index (κ3) is 1.72. The first kappa shape index (κ1) is 11.8. The fourth-order valence-electron chi connectivity index (χ4n) is 1.77. The summed E-state index contributed by atoms with van der Waals surface area (Å²) in [6.07, 6.45) is 1.02. The molecule has 1 heterocycles. The monoisotopic (exact) mass is 246 g/mol. The number of nitrogens with zero attached hydrogens (tertiary/aromatic N) is 1. The molecule has 0 spiro atoms. The Morgan fingerprint density at radius 2 is 2.06 bits per heavy atom. The molecule has 7 heteroatoms. The molecule has 1 aromatic carbocycles. The van der Waals surface area contributed by atoms with E-state index in [9.17, 15) is 14.4 Å². The summed E-state index contributed by atoms with van der Waals surface area (Å²) in [5.74, 6) is 4.80. The van der Waals surface area contributed by atoms with Crippen LogP contribution in [-0.2, 0) is 4.79 Å². The number of H-pyrrole nitrogens is 1. The minimum atomic E-state index is -0.715. The molecule has 0 saturated heterocycles. The number of amides is 2. The topological polar surface area (TPSA) is 122 Å². The Bertz CT molecular complexity index is 647. The van der Waals surface area contributed by atoms with Crippen molar-refractivity contribution in [3.63, 3.8) is 0 Å². The van der Waals surface area contributed by atoms with Gasteiger partial charge < -0.3 is 10.7 Å². The number of fused-ring (bicyclic) bond motifs is 1. The summed E-state index contributed by atoms with van der Waals surface area (Å²) in [5, 5.41) is 1.22. The average Bonchev–Trinajstić information content (AvgIpc) is 2.75. The second kappa shape index (κ2) is 4.30. The highest BCUT2D eigenvalue weighted by Crippen LogP contribution is 2.27. The molecule has 0 radical (unpaired) electrons. The van der Waals surface area contributed by atoms with Crippen LogP contribution in [0.2, 0.25) is 0 Å². The lowest BCUT2D eigenvalue weighted by molar-refractivity contribution is -0.107. The van der Waals surface area contributed by atoms with Gasteiger partial charge in [0.15, 0.2) is 0 Å². The molecule has 0 saturated carbocycles. The summed E-state index contributed by atoms with van der Waals surface area (Å²) in [5.41, 5.74) is 6.30. The molecule has 92 valence electrons. The van der Waals surface area contributed by atoms with Crippen LogP contribution >= 0.6 is 0 Å². The highest BCUT2D eigenvalue weighted by Gasteiger charge is 2.19. The van der Waals surface area contributed by atoms with Crippen molar-refractivity contribution in [2.24, 2.45) is 11.6 Å². The minimum Gasteiger partial charge on any atom is -0.365 e. The van der Waals surface area contributed by atoms with Crippen LogP contribution in [0.5, 0.6) is 0 Å². The van der Waals surface area contributed by atoms with E-state index in [1.807, 2.05) is 0 Å². The van der Waals surface area contributed by atoms with E-state index in [-0.39, 0.29) is 11.4 Å². The van der Waals surface area contributed by atoms with Gasteiger partial charge in [-0.15, -0.1) is 0 Å². The van der Waals surface area contributed by atoms with Gasteiger partial charge in [0.05, 0.1) is 5.56 Å². The standard InChI is InChI=1S/C11H10N4O3/c12-10(18)9-7-2-1-6(4-16)3-8(7)14-11(9)15(13)5-17/h1-5,14H,13H2,(H2,12,18). The van der Waals surface area contributed by atoms with Crippen LogP contribution in [0, 0.1) is 0 Å². The maximum absolute atomic E-state index is 11.4. The number of aldehydes is 1. The normalized spacial score (nSPS) is 10.3. The van der Waals surface area contributed by atoms with Crippen molar-refractivity contribution in [1.29, 1.82) is 0 Å². The first-order valence-electron chi connectivity index (χ1n) is 4.98. The number of nitrogens with two attached hydrogens (primary N) is 2. The summed E-state index contributed by atoms with van der Waals surface area (Å²) in [4.78, 5) is 35.5. The summed E-state index contributed by atoms with van der Waals surface area (Å²) >= 11 is 0. The average molecular weight is 246 g/mol. The molecule has 1 aromatic heterocycles. The number of hydrazine groups is 1. The molecular formula is C11H10N4O3. The van der Waals surface area contributed by atoms with Gasteiger partial charge in [0.25, 0.3) is 5.91 Å². The highest BCUT2D eigenvalue weighted by atomic mass is 16.2. The molecule has 2 aromatic rings. The third-order valence-corrected chi connectivity index (χ3v) is 2.56. The van der Waals surface area contributed by atoms with Gasteiger partial charge in [0.1, 0.15) is 12.1 Å². The first-order chi connectivity index (χ1) is 8.58. The Hall–Kier alpha value is -2.67. The number of hydrogen-bond acceptors (Lipinski definition) is 4. The van der Waals surface area contributed by atoms with E-state index in [0.717, 1.165) is 5.01 Å². The number of carbonyl (C=O) groups is 3. The van der Waals surface area contributed by atoms with Gasteiger partial charge in [-0.3, -0.25) is 14.4 Å². The second-order valence-electron chi connectivity index (χ2n) is 3.65. The Labute approximate surface area is 101 Å².